The van der Waals surface area contributed by atoms with Crippen molar-refractivity contribution in [3.8, 4) is 0 Å². The summed E-state index contributed by atoms with van der Waals surface area (Å²) in [5, 5.41) is 12.4. The standard InChI is InChI=1S/C16H22N2O3/c1-3-4-14(20)10-17-16(21)13-5-6-15-12(9-13)7-8-18(15)11(2)19/h5-6,9,14,20H,3-4,7-8,10H2,1-2H3,(H,17,21). The van der Waals surface area contributed by atoms with E-state index < -0.39 is 6.10 Å². The quantitative estimate of drug-likeness (QED) is 0.863. The third kappa shape index (κ3) is 3.61. The van der Waals surface area contributed by atoms with Gasteiger partial charge in [-0.25, -0.2) is 0 Å². The number of benzene rings is 1. The molecule has 0 saturated carbocycles. The molecule has 1 aliphatic heterocycles. The summed E-state index contributed by atoms with van der Waals surface area (Å²) in [6.45, 7) is 4.48. The highest BCUT2D eigenvalue weighted by Gasteiger charge is 2.23. The normalized spacial score (nSPS) is 14.7. The van der Waals surface area contributed by atoms with Gasteiger partial charge in [-0.3, -0.25) is 9.59 Å². The van der Waals surface area contributed by atoms with Crippen LogP contribution >= 0.6 is 0 Å². The molecule has 114 valence electrons. The van der Waals surface area contributed by atoms with Crippen LogP contribution in [0.1, 0.15) is 42.6 Å². The zero-order valence-corrected chi connectivity index (χ0v) is 12.6. The van der Waals surface area contributed by atoms with Gasteiger partial charge in [-0.1, -0.05) is 13.3 Å². The lowest BCUT2D eigenvalue weighted by atomic mass is 10.1. The number of nitrogens with one attached hydrogen (secondary N) is 1. The zero-order chi connectivity index (χ0) is 15.4. The van der Waals surface area contributed by atoms with E-state index in [1.54, 1.807) is 17.9 Å². The second kappa shape index (κ2) is 6.72. The van der Waals surface area contributed by atoms with Crippen LogP contribution in [0.5, 0.6) is 0 Å². The average Bonchev–Trinajstić information content (AvgIpc) is 2.88. The molecule has 2 N–H and O–H groups in total. The summed E-state index contributed by atoms with van der Waals surface area (Å²) in [4.78, 5) is 25.3. The van der Waals surface area contributed by atoms with Crippen LogP contribution in [0.3, 0.4) is 0 Å². The number of aliphatic hydroxyl groups excluding tert-OH is 1. The number of aliphatic hydroxyl groups is 1. The molecule has 0 fully saturated rings. The molecule has 1 heterocycles. The highest BCUT2D eigenvalue weighted by Crippen LogP contribution is 2.28. The molecule has 1 atom stereocenters. The molecule has 5 heteroatoms. The van der Waals surface area contributed by atoms with Crippen LogP contribution in [0.4, 0.5) is 5.69 Å². The highest BCUT2D eigenvalue weighted by atomic mass is 16.3. The van der Waals surface area contributed by atoms with Crippen molar-refractivity contribution in [2.24, 2.45) is 0 Å². The van der Waals surface area contributed by atoms with Crippen LogP contribution in [-0.2, 0) is 11.2 Å². The summed E-state index contributed by atoms with van der Waals surface area (Å²) in [5.41, 5.74) is 2.49. The Bertz CT molecular complexity index is 542. The summed E-state index contributed by atoms with van der Waals surface area (Å²) < 4.78 is 0. The Balaban J connectivity index is 2.02. The third-order valence-electron chi connectivity index (χ3n) is 3.74. The van der Waals surface area contributed by atoms with Crippen LogP contribution in [0.2, 0.25) is 0 Å². The first-order chi connectivity index (χ1) is 10.0. The molecule has 0 spiro atoms. The minimum atomic E-state index is -0.499. The number of fused-ring (bicyclic) bond motifs is 1. The van der Waals surface area contributed by atoms with Gasteiger partial charge in [-0.2, -0.15) is 0 Å². The van der Waals surface area contributed by atoms with Crippen molar-refractivity contribution in [1.29, 1.82) is 0 Å². The van der Waals surface area contributed by atoms with E-state index in [0.29, 0.717) is 18.5 Å². The minimum Gasteiger partial charge on any atom is -0.391 e. The molecule has 1 unspecified atom stereocenters. The molecule has 21 heavy (non-hydrogen) atoms. The van der Waals surface area contributed by atoms with Gasteiger partial charge in [0.1, 0.15) is 0 Å². The number of carbonyl (C=O) groups excluding carboxylic acids is 2. The van der Waals surface area contributed by atoms with Crippen molar-refractivity contribution in [1.82, 2.24) is 5.32 Å². The van der Waals surface area contributed by atoms with Gasteiger partial charge in [0, 0.05) is 31.3 Å². The Morgan fingerprint density at radius 1 is 1.43 bits per heavy atom. The van der Waals surface area contributed by atoms with E-state index in [9.17, 15) is 14.7 Å². The van der Waals surface area contributed by atoms with Crippen molar-refractivity contribution in [2.75, 3.05) is 18.0 Å². The van der Waals surface area contributed by atoms with Gasteiger partial charge in [0.05, 0.1) is 6.10 Å². The van der Waals surface area contributed by atoms with Crippen LogP contribution in [0.25, 0.3) is 0 Å². The van der Waals surface area contributed by atoms with Crippen molar-refractivity contribution < 1.29 is 14.7 Å². The second-order valence-electron chi connectivity index (χ2n) is 5.42. The topological polar surface area (TPSA) is 69.6 Å². The predicted octanol–water partition coefficient (Wildman–Crippen LogP) is 1.49. The van der Waals surface area contributed by atoms with Crippen LogP contribution in [-0.4, -0.2) is 36.1 Å². The molecule has 1 aliphatic rings. The van der Waals surface area contributed by atoms with Crippen molar-refractivity contribution in [2.45, 2.75) is 39.2 Å². The van der Waals surface area contributed by atoms with Crippen molar-refractivity contribution >= 4 is 17.5 Å². The van der Waals surface area contributed by atoms with Gasteiger partial charge in [-0.05, 0) is 36.6 Å². The molecule has 0 bridgehead atoms. The summed E-state index contributed by atoms with van der Waals surface area (Å²) >= 11 is 0. The molecule has 1 aromatic rings. The Kier molecular flexibility index (Phi) is 4.96. The smallest absolute Gasteiger partial charge is 0.251 e. The van der Waals surface area contributed by atoms with Gasteiger partial charge in [0.2, 0.25) is 5.91 Å². The van der Waals surface area contributed by atoms with Crippen LogP contribution in [0.15, 0.2) is 18.2 Å². The van der Waals surface area contributed by atoms with E-state index in [1.807, 2.05) is 19.1 Å². The SMILES string of the molecule is CCCC(O)CNC(=O)c1ccc2c(c1)CCN2C(C)=O. The van der Waals surface area contributed by atoms with Crippen molar-refractivity contribution in [3.05, 3.63) is 29.3 Å². The molecular formula is C16H22N2O3. The lowest BCUT2D eigenvalue weighted by Gasteiger charge is -2.15. The summed E-state index contributed by atoms with van der Waals surface area (Å²) in [6, 6.07) is 5.38. The summed E-state index contributed by atoms with van der Waals surface area (Å²) in [7, 11) is 0. The Hall–Kier alpha value is -1.88. The molecule has 1 aromatic carbocycles. The molecule has 2 amide bonds. The van der Waals surface area contributed by atoms with E-state index >= 15 is 0 Å². The molecule has 0 aliphatic carbocycles. The monoisotopic (exact) mass is 290 g/mol. The first-order valence-corrected chi connectivity index (χ1v) is 7.40. The second-order valence-corrected chi connectivity index (χ2v) is 5.42. The lowest BCUT2D eigenvalue weighted by Crippen LogP contribution is -2.32. The molecule has 0 radical (unpaired) electrons. The summed E-state index contributed by atoms with van der Waals surface area (Å²) in [5.74, 6) is -0.164. The number of anilines is 1. The minimum absolute atomic E-state index is 0.0219. The molecule has 0 saturated heterocycles. The van der Waals surface area contributed by atoms with Gasteiger partial charge >= 0.3 is 0 Å². The third-order valence-corrected chi connectivity index (χ3v) is 3.74. The van der Waals surface area contributed by atoms with E-state index in [-0.39, 0.29) is 18.4 Å². The zero-order valence-electron chi connectivity index (χ0n) is 12.6. The van der Waals surface area contributed by atoms with Gasteiger partial charge < -0.3 is 15.3 Å². The Labute approximate surface area is 125 Å². The number of rotatable bonds is 5. The first kappa shape index (κ1) is 15.5. The fourth-order valence-electron chi connectivity index (χ4n) is 2.62. The Morgan fingerprint density at radius 3 is 2.86 bits per heavy atom. The maximum absolute atomic E-state index is 12.1. The van der Waals surface area contributed by atoms with E-state index in [2.05, 4.69) is 5.32 Å². The molecule has 0 aromatic heterocycles. The fourth-order valence-corrected chi connectivity index (χ4v) is 2.62. The number of hydrogen-bond acceptors (Lipinski definition) is 3. The molecule has 2 rings (SSSR count). The molecular weight excluding hydrogens is 268 g/mol. The van der Waals surface area contributed by atoms with Crippen molar-refractivity contribution in [3.63, 3.8) is 0 Å². The van der Waals surface area contributed by atoms with E-state index in [0.717, 1.165) is 24.1 Å². The average molecular weight is 290 g/mol. The number of carbonyl (C=O) groups is 2. The largest absolute Gasteiger partial charge is 0.391 e. The first-order valence-electron chi connectivity index (χ1n) is 7.40. The highest BCUT2D eigenvalue weighted by molar-refractivity contribution is 5.97. The summed E-state index contributed by atoms with van der Waals surface area (Å²) in [6.07, 6.45) is 1.84. The number of hydrogen-bond donors (Lipinski definition) is 2. The maximum Gasteiger partial charge on any atom is 0.251 e. The number of amides is 2. The van der Waals surface area contributed by atoms with E-state index in [1.165, 1.54) is 0 Å². The Morgan fingerprint density at radius 2 is 2.19 bits per heavy atom. The van der Waals surface area contributed by atoms with Gasteiger partial charge in [0.15, 0.2) is 0 Å². The van der Waals surface area contributed by atoms with Gasteiger partial charge in [0.25, 0.3) is 5.91 Å². The van der Waals surface area contributed by atoms with Gasteiger partial charge in [-0.15, -0.1) is 0 Å². The van der Waals surface area contributed by atoms with Crippen LogP contribution < -0.4 is 10.2 Å². The van der Waals surface area contributed by atoms with E-state index in [4.69, 9.17) is 0 Å². The number of nitrogens with zero attached hydrogens (tertiary/aromatic N) is 1. The van der Waals surface area contributed by atoms with Crippen LogP contribution in [0, 0.1) is 0 Å². The fraction of sp³-hybridized carbons (Fsp3) is 0.500. The molecule has 5 nitrogen and oxygen atoms in total. The lowest BCUT2D eigenvalue weighted by molar-refractivity contribution is -0.116. The maximum atomic E-state index is 12.1. The predicted molar refractivity (Wildman–Crippen MR) is 81.4 cm³/mol.